The average Bonchev–Trinajstić information content (AvgIpc) is 2.18. The van der Waals surface area contributed by atoms with E-state index in [4.69, 9.17) is 10.6 Å². The number of rotatable bonds is 1. The van der Waals surface area contributed by atoms with Gasteiger partial charge in [-0.1, -0.05) is 5.11 Å². The van der Waals surface area contributed by atoms with E-state index in [-0.39, 0.29) is 11.6 Å². The summed E-state index contributed by atoms with van der Waals surface area (Å²) in [5.74, 6) is -0.104. The fourth-order valence-electron chi connectivity index (χ4n) is 0.481. The molecule has 46 valence electrons. The largest absolute Gasteiger partial charge is 0.494 e. The summed E-state index contributed by atoms with van der Waals surface area (Å²) >= 11 is 0. The number of hydrogen-bond donors (Lipinski definition) is 2. The highest BCUT2D eigenvalue weighted by Crippen LogP contribution is 2.22. The molecule has 2 N–H and O–H groups in total. The van der Waals surface area contributed by atoms with Crippen LogP contribution in [0, 0.1) is 0 Å². The highest BCUT2D eigenvalue weighted by atomic mass is 16.3. The van der Waals surface area contributed by atoms with E-state index in [0.29, 0.717) is 0 Å². The zero-order valence-electron chi connectivity index (χ0n) is 4.44. The number of aromatic hydroxyl groups is 1. The molecule has 1 aromatic heterocycles. The molecule has 0 aliphatic rings. The molecule has 0 fully saturated rings. The molecule has 0 saturated carbocycles. The van der Waals surface area contributed by atoms with Crippen molar-refractivity contribution in [2.75, 3.05) is 0 Å². The molecule has 0 saturated heterocycles. The van der Waals surface area contributed by atoms with Gasteiger partial charge < -0.3 is 10.1 Å². The summed E-state index contributed by atoms with van der Waals surface area (Å²) in [6.07, 6.45) is 1.49. The number of H-pyrrole nitrogens is 1. The topological polar surface area (TPSA) is 84.8 Å². The molecule has 0 radical (unpaired) electrons. The molecule has 0 atom stereocenters. The first-order valence-corrected chi connectivity index (χ1v) is 2.26. The second kappa shape index (κ2) is 2.11. The molecule has 9 heavy (non-hydrogen) atoms. The van der Waals surface area contributed by atoms with E-state index in [1.807, 2.05) is 0 Å². The summed E-state index contributed by atoms with van der Waals surface area (Å²) in [5, 5.41) is 11.9. The van der Waals surface area contributed by atoms with Crippen LogP contribution in [0.15, 0.2) is 17.4 Å². The van der Waals surface area contributed by atoms with Crippen molar-refractivity contribution in [1.29, 1.82) is 0 Å². The summed E-state index contributed by atoms with van der Waals surface area (Å²) in [6, 6.07) is 1.48. The molecular weight excluding hydrogens is 120 g/mol. The van der Waals surface area contributed by atoms with Gasteiger partial charge in [-0.3, -0.25) is 0 Å². The number of azide groups is 1. The third-order valence-electron chi connectivity index (χ3n) is 0.856. The normalized spacial score (nSPS) is 8.44. The second-order valence-electron chi connectivity index (χ2n) is 1.40. The lowest BCUT2D eigenvalue weighted by molar-refractivity contribution is 0.458. The predicted octanol–water partition coefficient (Wildman–Crippen LogP) is 1.66. The van der Waals surface area contributed by atoms with Crippen molar-refractivity contribution in [3.05, 3.63) is 22.7 Å². The third kappa shape index (κ3) is 0.949. The summed E-state index contributed by atoms with van der Waals surface area (Å²) < 4.78 is 0. The zero-order valence-corrected chi connectivity index (χ0v) is 4.44. The minimum absolute atomic E-state index is 0.104. The Hall–Kier alpha value is -1.61. The minimum atomic E-state index is -0.104. The van der Waals surface area contributed by atoms with Gasteiger partial charge in [0.05, 0.1) is 5.69 Å². The van der Waals surface area contributed by atoms with Crippen LogP contribution >= 0.6 is 0 Å². The fraction of sp³-hybridized carbons (Fsp3) is 0. The number of nitrogens with one attached hydrogen (secondary N) is 1. The van der Waals surface area contributed by atoms with Gasteiger partial charge in [-0.25, -0.2) is 0 Å². The van der Waals surface area contributed by atoms with Crippen LogP contribution in [-0.4, -0.2) is 10.1 Å². The van der Waals surface area contributed by atoms with Gasteiger partial charge in [0.15, 0.2) is 5.88 Å². The van der Waals surface area contributed by atoms with Gasteiger partial charge in [-0.05, 0) is 11.6 Å². The van der Waals surface area contributed by atoms with E-state index in [1.54, 1.807) is 0 Å². The Labute approximate surface area is 50.6 Å². The molecule has 0 aliphatic heterocycles. The van der Waals surface area contributed by atoms with Crippen LogP contribution in [0.2, 0.25) is 0 Å². The van der Waals surface area contributed by atoms with Gasteiger partial charge in [0.25, 0.3) is 0 Å². The summed E-state index contributed by atoms with van der Waals surface area (Å²) in [6.45, 7) is 0. The Morgan fingerprint density at radius 2 is 2.56 bits per heavy atom. The van der Waals surface area contributed by atoms with E-state index in [9.17, 15) is 0 Å². The van der Waals surface area contributed by atoms with Gasteiger partial charge in [-0.2, -0.15) is 0 Å². The molecule has 1 rings (SSSR count). The van der Waals surface area contributed by atoms with Gasteiger partial charge in [0, 0.05) is 11.1 Å². The van der Waals surface area contributed by atoms with E-state index < -0.39 is 0 Å². The smallest absolute Gasteiger partial charge is 0.198 e. The van der Waals surface area contributed by atoms with E-state index >= 15 is 0 Å². The summed E-state index contributed by atoms with van der Waals surface area (Å²) in [5.41, 5.74) is 8.12. The molecule has 0 amide bonds. The second-order valence-corrected chi connectivity index (χ2v) is 1.40. The first kappa shape index (κ1) is 5.53. The zero-order chi connectivity index (χ0) is 6.69. The van der Waals surface area contributed by atoms with Crippen molar-refractivity contribution in [2.24, 2.45) is 5.11 Å². The molecule has 5 nitrogen and oxygen atoms in total. The molecule has 0 bridgehead atoms. The molecule has 0 aromatic carbocycles. The number of aromatic amines is 1. The Bertz CT molecular complexity index is 247. The van der Waals surface area contributed by atoms with Crippen LogP contribution < -0.4 is 0 Å². The highest BCUT2D eigenvalue weighted by Gasteiger charge is 1.94. The Kier molecular flexibility index (Phi) is 1.29. The minimum Gasteiger partial charge on any atom is -0.494 e. The first-order chi connectivity index (χ1) is 4.34. The SMILES string of the molecule is [N-]=[N+]=Nc1cc[nH]c1O. The van der Waals surface area contributed by atoms with Crippen molar-refractivity contribution in [3.63, 3.8) is 0 Å². The summed E-state index contributed by atoms with van der Waals surface area (Å²) in [4.78, 5) is 4.93. The Morgan fingerprint density at radius 1 is 1.78 bits per heavy atom. The van der Waals surface area contributed by atoms with Crippen molar-refractivity contribution < 1.29 is 5.11 Å². The lowest BCUT2D eigenvalue weighted by Gasteiger charge is -1.81. The number of nitrogens with zero attached hydrogens (tertiary/aromatic N) is 3. The van der Waals surface area contributed by atoms with Gasteiger partial charge >= 0.3 is 0 Å². The van der Waals surface area contributed by atoms with E-state index in [2.05, 4.69) is 15.0 Å². The monoisotopic (exact) mass is 124 g/mol. The van der Waals surface area contributed by atoms with Crippen molar-refractivity contribution in [3.8, 4) is 5.88 Å². The van der Waals surface area contributed by atoms with Crippen LogP contribution in [0.4, 0.5) is 5.69 Å². The van der Waals surface area contributed by atoms with Crippen molar-refractivity contribution >= 4 is 5.69 Å². The van der Waals surface area contributed by atoms with E-state index in [1.165, 1.54) is 12.3 Å². The first-order valence-electron chi connectivity index (χ1n) is 2.26. The Balaban J connectivity index is 3.07. The number of aromatic nitrogens is 1. The number of hydrogen-bond acceptors (Lipinski definition) is 2. The van der Waals surface area contributed by atoms with E-state index in [0.717, 1.165) is 0 Å². The molecule has 1 aromatic rings. The molecule has 5 heteroatoms. The predicted molar refractivity (Wildman–Crippen MR) is 31.3 cm³/mol. The lowest BCUT2D eigenvalue weighted by Crippen LogP contribution is -1.56. The van der Waals surface area contributed by atoms with Crippen LogP contribution in [0.3, 0.4) is 0 Å². The molecule has 0 unspecified atom stereocenters. The van der Waals surface area contributed by atoms with Crippen molar-refractivity contribution in [1.82, 2.24) is 4.98 Å². The maximum atomic E-state index is 8.76. The highest BCUT2D eigenvalue weighted by molar-refractivity contribution is 5.45. The maximum absolute atomic E-state index is 8.76. The fourth-order valence-corrected chi connectivity index (χ4v) is 0.481. The Morgan fingerprint density at radius 3 is 3.00 bits per heavy atom. The lowest BCUT2D eigenvalue weighted by atomic mass is 10.5. The molecule has 0 spiro atoms. The molecular formula is C4H4N4O. The van der Waals surface area contributed by atoms with Gasteiger partial charge in [0.1, 0.15) is 0 Å². The standard InChI is InChI=1S/C4H4N4O/c5-8-7-3-1-2-6-4(3)9/h1-2,6,9H. The quantitative estimate of drug-likeness (QED) is 0.333. The van der Waals surface area contributed by atoms with Crippen LogP contribution in [0.1, 0.15) is 0 Å². The van der Waals surface area contributed by atoms with Crippen molar-refractivity contribution in [2.45, 2.75) is 0 Å². The summed E-state index contributed by atoms with van der Waals surface area (Å²) in [7, 11) is 0. The maximum Gasteiger partial charge on any atom is 0.198 e. The van der Waals surface area contributed by atoms with Crippen LogP contribution in [0.5, 0.6) is 5.88 Å². The average molecular weight is 124 g/mol. The third-order valence-corrected chi connectivity index (χ3v) is 0.856. The molecule has 1 heterocycles. The molecule has 0 aliphatic carbocycles. The van der Waals surface area contributed by atoms with Gasteiger partial charge in [-0.15, -0.1) is 0 Å². The van der Waals surface area contributed by atoms with Crippen LogP contribution in [0.25, 0.3) is 10.4 Å². The van der Waals surface area contributed by atoms with Crippen LogP contribution in [-0.2, 0) is 0 Å². The van der Waals surface area contributed by atoms with Gasteiger partial charge in [0.2, 0.25) is 0 Å².